The predicted molar refractivity (Wildman–Crippen MR) is 141 cm³/mol. The fourth-order valence-corrected chi connectivity index (χ4v) is 9.72. The zero-order chi connectivity index (χ0) is 26.6. The highest BCUT2D eigenvalue weighted by molar-refractivity contribution is 5.88. The first-order chi connectivity index (χ1) is 16.8. The number of aliphatic hydroxyl groups excluding tert-OH is 1. The summed E-state index contributed by atoms with van der Waals surface area (Å²) in [6.45, 7) is 15.0. The Morgan fingerprint density at radius 1 is 1.03 bits per heavy atom. The topological polar surface area (TPSA) is 83.8 Å². The number of esters is 1. The smallest absolute Gasteiger partial charge is 0.331 e. The van der Waals surface area contributed by atoms with Gasteiger partial charge in [-0.25, -0.2) is 4.79 Å². The van der Waals surface area contributed by atoms with Gasteiger partial charge in [0, 0.05) is 12.5 Å². The quantitative estimate of drug-likeness (QED) is 0.249. The number of carboxylic acids is 1. The van der Waals surface area contributed by atoms with Gasteiger partial charge in [-0.05, 0) is 117 Å². The van der Waals surface area contributed by atoms with Crippen molar-refractivity contribution < 1.29 is 24.5 Å². The monoisotopic (exact) mass is 500 g/mol. The van der Waals surface area contributed by atoms with Crippen LogP contribution in [0.15, 0.2) is 22.8 Å². The molecule has 0 aliphatic heterocycles. The van der Waals surface area contributed by atoms with Gasteiger partial charge in [-0.2, -0.15) is 0 Å². The number of carbonyl (C=O) groups excluding carboxylic acids is 1. The van der Waals surface area contributed by atoms with E-state index < -0.39 is 12.1 Å². The van der Waals surface area contributed by atoms with Crippen molar-refractivity contribution in [1.29, 1.82) is 0 Å². The Balaban J connectivity index is 1.77. The molecule has 36 heavy (non-hydrogen) atoms. The summed E-state index contributed by atoms with van der Waals surface area (Å²) in [5.74, 6) is 0.288. The van der Waals surface area contributed by atoms with E-state index in [1.54, 1.807) is 0 Å². The van der Waals surface area contributed by atoms with Crippen molar-refractivity contribution in [2.75, 3.05) is 0 Å². The number of fused-ring (bicyclic) bond motifs is 5. The van der Waals surface area contributed by atoms with Gasteiger partial charge in [0.1, 0.15) is 6.10 Å². The van der Waals surface area contributed by atoms with Crippen LogP contribution in [-0.2, 0) is 14.3 Å². The fraction of sp³-hybridized carbons (Fsp3) is 0.806. The van der Waals surface area contributed by atoms with Crippen molar-refractivity contribution in [3.05, 3.63) is 22.8 Å². The van der Waals surface area contributed by atoms with E-state index in [9.17, 15) is 19.8 Å². The Kier molecular flexibility index (Phi) is 7.31. The minimum Gasteiger partial charge on any atom is -0.478 e. The maximum atomic E-state index is 12.6. The van der Waals surface area contributed by atoms with Crippen LogP contribution in [0.5, 0.6) is 0 Å². The minimum absolute atomic E-state index is 0.0346. The lowest BCUT2D eigenvalue weighted by atomic mass is 9.37. The minimum atomic E-state index is -0.869. The van der Waals surface area contributed by atoms with Crippen molar-refractivity contribution in [2.24, 2.45) is 39.9 Å². The second kappa shape index (κ2) is 9.60. The highest BCUT2D eigenvalue weighted by Crippen LogP contribution is 2.74. The Hall–Kier alpha value is -1.62. The standard InChI is InChI=1S/C31H48O5/c1-18(2)9-8-10-21(28(34)35)27-23-11-12-26-29(5)15-14-24(33)19(3)22(29)13-16-30(26,6)31(23,7)17-25(27)36-20(4)32/h9,19,22-26,33H,8,10-17H2,1-7H3,(H,34,35)/t19-,22-,23-,24+,25-,26-,29-,30-,31-/m0/s1. The van der Waals surface area contributed by atoms with Gasteiger partial charge in [0.15, 0.2) is 0 Å². The third-order valence-electron chi connectivity index (χ3n) is 11.6. The summed E-state index contributed by atoms with van der Waals surface area (Å²) in [5, 5.41) is 21.0. The van der Waals surface area contributed by atoms with Crippen molar-refractivity contribution in [1.82, 2.24) is 0 Å². The van der Waals surface area contributed by atoms with Crippen LogP contribution in [0.3, 0.4) is 0 Å². The average Bonchev–Trinajstić information content (AvgIpc) is 3.05. The fourth-order valence-electron chi connectivity index (χ4n) is 9.72. The molecule has 0 spiro atoms. The van der Waals surface area contributed by atoms with Gasteiger partial charge in [0.2, 0.25) is 0 Å². The van der Waals surface area contributed by atoms with Gasteiger partial charge in [-0.1, -0.05) is 39.3 Å². The number of carbonyl (C=O) groups is 2. The van der Waals surface area contributed by atoms with Crippen molar-refractivity contribution >= 4 is 11.9 Å². The number of carboxylic acid groups (broad SMARTS) is 1. The van der Waals surface area contributed by atoms with Gasteiger partial charge in [0.25, 0.3) is 0 Å². The Morgan fingerprint density at radius 3 is 2.33 bits per heavy atom. The molecule has 4 aliphatic carbocycles. The second-order valence-corrected chi connectivity index (χ2v) is 13.5. The predicted octanol–water partition coefficient (Wildman–Crippen LogP) is 6.70. The van der Waals surface area contributed by atoms with Crippen LogP contribution in [0.2, 0.25) is 0 Å². The normalized spacial score (nSPS) is 45.1. The molecule has 0 bridgehead atoms. The zero-order valence-corrected chi connectivity index (χ0v) is 23.5. The Morgan fingerprint density at radius 2 is 1.72 bits per heavy atom. The lowest BCUT2D eigenvalue weighted by molar-refractivity contribution is -0.198. The van der Waals surface area contributed by atoms with E-state index in [1.165, 1.54) is 12.5 Å². The molecule has 5 heteroatoms. The van der Waals surface area contributed by atoms with Crippen molar-refractivity contribution in [2.45, 2.75) is 118 Å². The first kappa shape index (κ1) is 27.4. The van der Waals surface area contributed by atoms with Gasteiger partial charge < -0.3 is 14.9 Å². The summed E-state index contributed by atoms with van der Waals surface area (Å²) in [6.07, 6.45) is 9.44. The molecule has 0 heterocycles. The molecule has 202 valence electrons. The lowest BCUT2D eigenvalue weighted by Gasteiger charge is -2.68. The highest BCUT2D eigenvalue weighted by Gasteiger charge is 2.68. The molecule has 0 amide bonds. The second-order valence-electron chi connectivity index (χ2n) is 13.5. The van der Waals surface area contributed by atoms with Crippen molar-refractivity contribution in [3.63, 3.8) is 0 Å². The molecule has 0 radical (unpaired) electrons. The van der Waals surface area contributed by atoms with Crippen LogP contribution in [-0.4, -0.2) is 34.4 Å². The van der Waals surface area contributed by atoms with Gasteiger partial charge >= 0.3 is 11.9 Å². The summed E-state index contributed by atoms with van der Waals surface area (Å²) in [5.41, 5.74) is 2.62. The maximum Gasteiger partial charge on any atom is 0.331 e. The number of hydrogen-bond donors (Lipinski definition) is 2. The third-order valence-corrected chi connectivity index (χ3v) is 11.6. The first-order valence-corrected chi connectivity index (χ1v) is 14.2. The summed E-state index contributed by atoms with van der Waals surface area (Å²) < 4.78 is 5.92. The molecule has 0 aromatic carbocycles. The largest absolute Gasteiger partial charge is 0.478 e. The molecule has 0 aromatic rings. The molecule has 4 saturated carbocycles. The molecule has 4 fully saturated rings. The van der Waals surface area contributed by atoms with Crippen LogP contribution in [0.1, 0.15) is 106 Å². The summed E-state index contributed by atoms with van der Waals surface area (Å²) in [7, 11) is 0. The number of hydrogen-bond acceptors (Lipinski definition) is 4. The molecule has 5 nitrogen and oxygen atoms in total. The van der Waals surface area contributed by atoms with E-state index in [4.69, 9.17) is 4.74 Å². The molecule has 0 unspecified atom stereocenters. The lowest BCUT2D eigenvalue weighted by Crippen LogP contribution is -2.61. The SMILES string of the molecule is CC(=O)O[C@H]1C[C@@]2(C)[C@@H](CC[C@H]3[C@@]4(C)CC[C@@H](O)[C@@H](C)[C@@H]4CC[C@@]32C)C1=C(CCC=C(C)C)C(=O)O. The van der Waals surface area contributed by atoms with E-state index in [0.717, 1.165) is 44.1 Å². The van der Waals surface area contributed by atoms with Gasteiger partial charge in [-0.3, -0.25) is 4.79 Å². The van der Waals surface area contributed by atoms with Crippen LogP contribution >= 0.6 is 0 Å². The molecule has 0 saturated heterocycles. The van der Waals surface area contributed by atoms with Crippen LogP contribution in [0, 0.1) is 39.9 Å². The Labute approximate surface area is 217 Å². The van der Waals surface area contributed by atoms with Gasteiger partial charge in [0.05, 0.1) is 6.10 Å². The molecular weight excluding hydrogens is 452 g/mol. The van der Waals surface area contributed by atoms with Crippen molar-refractivity contribution in [3.8, 4) is 0 Å². The molecule has 0 aromatic heterocycles. The molecular formula is C31H48O5. The van der Waals surface area contributed by atoms with E-state index in [0.29, 0.717) is 42.6 Å². The summed E-state index contributed by atoms with van der Waals surface area (Å²) >= 11 is 0. The number of allylic oxidation sites excluding steroid dienone is 2. The summed E-state index contributed by atoms with van der Waals surface area (Å²) in [6, 6.07) is 0. The molecule has 2 N–H and O–H groups in total. The van der Waals surface area contributed by atoms with Crippen LogP contribution < -0.4 is 0 Å². The highest BCUT2D eigenvalue weighted by atomic mass is 16.5. The molecule has 4 rings (SSSR count). The summed E-state index contributed by atoms with van der Waals surface area (Å²) in [4.78, 5) is 24.8. The third kappa shape index (κ3) is 4.18. The average molecular weight is 501 g/mol. The maximum absolute atomic E-state index is 12.6. The Bertz CT molecular complexity index is 960. The number of ether oxygens (including phenoxy) is 1. The first-order valence-electron chi connectivity index (χ1n) is 14.2. The van der Waals surface area contributed by atoms with Crippen LogP contribution in [0.25, 0.3) is 0 Å². The van der Waals surface area contributed by atoms with E-state index in [2.05, 4.69) is 33.8 Å². The number of aliphatic hydroxyl groups is 1. The van der Waals surface area contributed by atoms with E-state index >= 15 is 0 Å². The van der Waals surface area contributed by atoms with E-state index in [-0.39, 0.29) is 34.2 Å². The zero-order valence-electron chi connectivity index (χ0n) is 23.5. The van der Waals surface area contributed by atoms with Crippen LogP contribution in [0.4, 0.5) is 0 Å². The van der Waals surface area contributed by atoms with Gasteiger partial charge in [-0.15, -0.1) is 0 Å². The molecule has 9 atom stereocenters. The number of aliphatic carboxylic acids is 1. The molecule has 4 aliphatic rings. The number of rotatable bonds is 5. The van der Waals surface area contributed by atoms with E-state index in [1.807, 2.05) is 13.8 Å².